The molecule has 0 bridgehead atoms. The van der Waals surface area contributed by atoms with Gasteiger partial charge in [-0.1, -0.05) is 0 Å². The Hall–Kier alpha value is -2.24. The summed E-state index contributed by atoms with van der Waals surface area (Å²) in [5.74, 6) is 2.29. The molecule has 2 aliphatic rings. The molecule has 0 N–H and O–H groups in total. The standard InChI is InChI=1S/C19H25N5O/c1-14-10-18(21-13-20-14)24-8-6-15(7-9-24)12-25-19-11-16-4-2-3-5-17(16)22-23-19/h10-11,13,15H,2-9,12H2,1H3. The van der Waals surface area contributed by atoms with E-state index in [1.54, 1.807) is 6.33 Å². The maximum absolute atomic E-state index is 5.95. The third-order valence-electron chi connectivity index (χ3n) is 5.24. The zero-order valence-corrected chi connectivity index (χ0v) is 14.8. The average molecular weight is 339 g/mol. The molecule has 4 rings (SSSR count). The predicted octanol–water partition coefficient (Wildman–Crippen LogP) is 2.75. The average Bonchev–Trinajstić information content (AvgIpc) is 2.66. The predicted molar refractivity (Wildman–Crippen MR) is 95.9 cm³/mol. The van der Waals surface area contributed by atoms with Crippen molar-refractivity contribution in [2.75, 3.05) is 24.6 Å². The van der Waals surface area contributed by atoms with E-state index in [0.29, 0.717) is 11.8 Å². The van der Waals surface area contributed by atoms with Gasteiger partial charge in [0.15, 0.2) is 0 Å². The van der Waals surface area contributed by atoms with Gasteiger partial charge in [0.1, 0.15) is 12.1 Å². The van der Waals surface area contributed by atoms with Crippen LogP contribution in [-0.4, -0.2) is 39.9 Å². The number of piperidine rings is 1. The van der Waals surface area contributed by atoms with Crippen LogP contribution in [0.3, 0.4) is 0 Å². The van der Waals surface area contributed by atoms with Crippen molar-refractivity contribution in [3.8, 4) is 5.88 Å². The van der Waals surface area contributed by atoms with Crippen LogP contribution < -0.4 is 9.64 Å². The van der Waals surface area contributed by atoms with Crippen LogP contribution in [0.25, 0.3) is 0 Å². The first-order valence-electron chi connectivity index (χ1n) is 9.30. The van der Waals surface area contributed by atoms with Crippen LogP contribution in [0.5, 0.6) is 5.88 Å². The minimum atomic E-state index is 0.567. The summed E-state index contributed by atoms with van der Waals surface area (Å²) in [6, 6.07) is 4.15. The summed E-state index contributed by atoms with van der Waals surface area (Å²) in [5, 5.41) is 8.59. The summed E-state index contributed by atoms with van der Waals surface area (Å²) >= 11 is 0. The molecule has 0 spiro atoms. The molecular formula is C19H25N5O. The van der Waals surface area contributed by atoms with Crippen molar-refractivity contribution in [1.82, 2.24) is 20.2 Å². The van der Waals surface area contributed by atoms with Gasteiger partial charge < -0.3 is 9.64 Å². The summed E-state index contributed by atoms with van der Waals surface area (Å²) < 4.78 is 5.95. The highest BCUT2D eigenvalue weighted by molar-refractivity contribution is 5.39. The number of rotatable bonds is 4. The third-order valence-corrected chi connectivity index (χ3v) is 5.24. The molecule has 1 saturated heterocycles. The lowest BCUT2D eigenvalue weighted by Gasteiger charge is -2.32. The van der Waals surface area contributed by atoms with Gasteiger partial charge in [0.25, 0.3) is 0 Å². The van der Waals surface area contributed by atoms with Gasteiger partial charge in [-0.25, -0.2) is 9.97 Å². The molecule has 25 heavy (non-hydrogen) atoms. The zero-order chi connectivity index (χ0) is 17.1. The largest absolute Gasteiger partial charge is 0.476 e. The summed E-state index contributed by atoms with van der Waals surface area (Å²) in [4.78, 5) is 10.9. The molecule has 0 atom stereocenters. The van der Waals surface area contributed by atoms with E-state index in [1.807, 2.05) is 6.92 Å². The second kappa shape index (κ2) is 7.33. The molecule has 1 aliphatic carbocycles. The zero-order valence-electron chi connectivity index (χ0n) is 14.8. The van der Waals surface area contributed by atoms with Crippen molar-refractivity contribution < 1.29 is 4.74 Å². The number of aryl methyl sites for hydroxylation is 3. The Labute approximate surface area is 148 Å². The van der Waals surface area contributed by atoms with E-state index in [0.717, 1.165) is 62.6 Å². The quantitative estimate of drug-likeness (QED) is 0.853. The molecule has 0 amide bonds. The van der Waals surface area contributed by atoms with E-state index in [9.17, 15) is 0 Å². The Balaban J connectivity index is 1.29. The summed E-state index contributed by atoms with van der Waals surface area (Å²) in [7, 11) is 0. The van der Waals surface area contributed by atoms with Crippen LogP contribution >= 0.6 is 0 Å². The first kappa shape index (κ1) is 16.2. The van der Waals surface area contributed by atoms with Crippen LogP contribution in [0.2, 0.25) is 0 Å². The molecule has 2 aromatic heterocycles. The van der Waals surface area contributed by atoms with E-state index < -0.39 is 0 Å². The smallest absolute Gasteiger partial charge is 0.233 e. The SMILES string of the molecule is Cc1cc(N2CCC(COc3cc4c(nn3)CCCC4)CC2)ncn1. The number of hydrogen-bond donors (Lipinski definition) is 0. The summed E-state index contributed by atoms with van der Waals surface area (Å²) in [6.07, 6.45) is 8.52. The normalized spacial score (nSPS) is 18.0. The molecular weight excluding hydrogens is 314 g/mol. The van der Waals surface area contributed by atoms with E-state index >= 15 is 0 Å². The number of fused-ring (bicyclic) bond motifs is 1. The number of ether oxygens (including phenoxy) is 1. The lowest BCUT2D eigenvalue weighted by molar-refractivity contribution is 0.213. The Morgan fingerprint density at radius 3 is 2.76 bits per heavy atom. The van der Waals surface area contributed by atoms with Crippen molar-refractivity contribution >= 4 is 5.82 Å². The molecule has 0 radical (unpaired) electrons. The maximum Gasteiger partial charge on any atom is 0.233 e. The molecule has 0 aromatic carbocycles. The van der Waals surface area contributed by atoms with Crippen molar-refractivity contribution in [3.63, 3.8) is 0 Å². The molecule has 1 fully saturated rings. The molecule has 6 nitrogen and oxygen atoms in total. The van der Waals surface area contributed by atoms with Gasteiger partial charge in [-0.3, -0.25) is 0 Å². The molecule has 132 valence electrons. The highest BCUT2D eigenvalue weighted by Gasteiger charge is 2.21. The van der Waals surface area contributed by atoms with Crippen molar-refractivity contribution in [3.05, 3.63) is 35.4 Å². The van der Waals surface area contributed by atoms with Crippen LogP contribution in [-0.2, 0) is 12.8 Å². The highest BCUT2D eigenvalue weighted by Crippen LogP contribution is 2.24. The first-order valence-corrected chi connectivity index (χ1v) is 9.30. The third kappa shape index (κ3) is 3.89. The van der Waals surface area contributed by atoms with Crippen LogP contribution in [0.15, 0.2) is 18.5 Å². The fourth-order valence-corrected chi connectivity index (χ4v) is 3.69. The molecule has 0 saturated carbocycles. The lowest BCUT2D eigenvalue weighted by Crippen LogP contribution is -2.36. The minimum absolute atomic E-state index is 0.567. The number of aromatic nitrogens is 4. The van der Waals surface area contributed by atoms with Gasteiger partial charge in [-0.2, -0.15) is 5.10 Å². The van der Waals surface area contributed by atoms with E-state index in [4.69, 9.17) is 4.74 Å². The molecule has 3 heterocycles. The van der Waals surface area contributed by atoms with Gasteiger partial charge >= 0.3 is 0 Å². The number of nitrogens with zero attached hydrogens (tertiary/aromatic N) is 5. The van der Waals surface area contributed by atoms with Crippen molar-refractivity contribution in [1.29, 1.82) is 0 Å². The van der Waals surface area contributed by atoms with E-state index in [1.165, 1.54) is 18.4 Å². The van der Waals surface area contributed by atoms with Crippen LogP contribution in [0.1, 0.15) is 42.6 Å². The second-order valence-electron chi connectivity index (χ2n) is 7.12. The van der Waals surface area contributed by atoms with E-state index in [2.05, 4.69) is 37.2 Å². The maximum atomic E-state index is 5.95. The second-order valence-corrected chi connectivity index (χ2v) is 7.12. The van der Waals surface area contributed by atoms with Gasteiger partial charge in [0.05, 0.1) is 12.3 Å². The van der Waals surface area contributed by atoms with Gasteiger partial charge in [-0.15, -0.1) is 5.10 Å². The lowest BCUT2D eigenvalue weighted by atomic mass is 9.97. The van der Waals surface area contributed by atoms with Gasteiger partial charge in [0.2, 0.25) is 5.88 Å². The fraction of sp³-hybridized carbons (Fsp3) is 0.579. The van der Waals surface area contributed by atoms with Crippen LogP contribution in [0.4, 0.5) is 5.82 Å². The minimum Gasteiger partial charge on any atom is -0.476 e. The van der Waals surface area contributed by atoms with Crippen molar-refractivity contribution in [2.24, 2.45) is 5.92 Å². The Morgan fingerprint density at radius 1 is 1.08 bits per heavy atom. The summed E-state index contributed by atoms with van der Waals surface area (Å²) in [6.45, 7) is 4.76. The molecule has 2 aromatic rings. The highest BCUT2D eigenvalue weighted by atomic mass is 16.5. The summed E-state index contributed by atoms with van der Waals surface area (Å²) in [5.41, 5.74) is 3.50. The molecule has 0 unspecified atom stereocenters. The molecule has 6 heteroatoms. The fourth-order valence-electron chi connectivity index (χ4n) is 3.69. The van der Waals surface area contributed by atoms with E-state index in [-0.39, 0.29) is 0 Å². The molecule has 1 aliphatic heterocycles. The topological polar surface area (TPSA) is 64.0 Å². The Bertz CT molecular complexity index is 728. The first-order chi connectivity index (χ1) is 12.3. The monoisotopic (exact) mass is 339 g/mol. The Kier molecular flexibility index (Phi) is 4.76. The van der Waals surface area contributed by atoms with Gasteiger partial charge in [0, 0.05) is 30.9 Å². The van der Waals surface area contributed by atoms with Crippen molar-refractivity contribution in [2.45, 2.75) is 45.4 Å². The van der Waals surface area contributed by atoms with Gasteiger partial charge in [-0.05, 0) is 56.9 Å². The van der Waals surface area contributed by atoms with Crippen LogP contribution in [0, 0.1) is 12.8 Å². The Morgan fingerprint density at radius 2 is 1.92 bits per heavy atom. The number of anilines is 1. The number of hydrogen-bond acceptors (Lipinski definition) is 6.